The Bertz CT molecular complexity index is 366. The van der Waals surface area contributed by atoms with Crippen molar-refractivity contribution in [1.82, 2.24) is 5.32 Å². The Morgan fingerprint density at radius 3 is 2.40 bits per heavy atom. The molecule has 0 saturated carbocycles. The Kier molecular flexibility index (Phi) is 3.95. The average Bonchev–Trinajstić information content (AvgIpc) is 2.47. The molecule has 1 N–H and O–H groups in total. The van der Waals surface area contributed by atoms with Gasteiger partial charge in [0.1, 0.15) is 6.04 Å². The molecule has 4 nitrogen and oxygen atoms in total. The van der Waals surface area contributed by atoms with E-state index in [4.69, 9.17) is 0 Å². The van der Waals surface area contributed by atoms with Crippen LogP contribution in [0.1, 0.15) is 5.56 Å². The molecular weight excluding hydrogens is 189 g/mol. The molecule has 1 atom stereocenters. The van der Waals surface area contributed by atoms with E-state index in [1.165, 1.54) is 0 Å². The van der Waals surface area contributed by atoms with Crippen LogP contribution in [0.3, 0.4) is 0 Å². The van der Waals surface area contributed by atoms with Crippen LogP contribution in [0.5, 0.6) is 0 Å². The number of carbonyl (C=O) groups is 2. The fraction of sp³-hybridized carbons (Fsp3) is 0.200. The van der Waals surface area contributed by atoms with Gasteiger partial charge in [-0.05, 0) is 5.56 Å². The summed E-state index contributed by atoms with van der Waals surface area (Å²) in [5.41, 5.74) is 0.997. The molecule has 1 saturated heterocycles. The van der Waals surface area contributed by atoms with E-state index in [9.17, 15) is 9.59 Å². The van der Waals surface area contributed by atoms with Crippen LogP contribution >= 0.6 is 0 Å². The summed E-state index contributed by atoms with van der Waals surface area (Å²) in [5.74, 6) is -0.501. The van der Waals surface area contributed by atoms with Gasteiger partial charge in [-0.3, -0.25) is 0 Å². The monoisotopic (exact) mass is 199 g/mol. The first kappa shape index (κ1) is 11.8. The molecule has 1 aliphatic heterocycles. The average molecular weight is 199 g/mol. The van der Waals surface area contributed by atoms with Crippen molar-refractivity contribution < 1.29 is 14.3 Å². The molecule has 1 fully saturated rings. The summed E-state index contributed by atoms with van der Waals surface area (Å²) in [6.45, 7) is 0. The van der Waals surface area contributed by atoms with E-state index < -0.39 is 18.1 Å². The van der Waals surface area contributed by atoms with Crippen LogP contribution in [0.2, 0.25) is 0 Å². The fourth-order valence-corrected chi connectivity index (χ4v) is 1.38. The first-order valence-corrected chi connectivity index (χ1v) is 4.32. The molecule has 2 rings (SSSR count). The number of benzene rings is 1. The molecular formula is C10H10LiNO3. The Morgan fingerprint density at radius 1 is 1.20 bits per heavy atom. The number of cyclic esters (lactones) is 2. The molecule has 0 radical (unpaired) electrons. The SMILES string of the molecule is O=C1NC(Cc2ccccc2)C(=O)O1.[LiH]. The molecule has 1 aliphatic rings. The zero-order valence-electron chi connectivity index (χ0n) is 7.40. The maximum absolute atomic E-state index is 11.1. The van der Waals surface area contributed by atoms with Gasteiger partial charge < -0.3 is 10.1 Å². The summed E-state index contributed by atoms with van der Waals surface area (Å²) in [5, 5.41) is 2.44. The van der Waals surface area contributed by atoms with Crippen molar-refractivity contribution in [2.24, 2.45) is 0 Å². The molecule has 0 aliphatic carbocycles. The van der Waals surface area contributed by atoms with Gasteiger partial charge in [0.2, 0.25) is 0 Å². The molecule has 5 heteroatoms. The standard InChI is InChI=1S/C10H9NO3.Li.H/c12-9-8(11-10(13)14-9)6-7-4-2-1-3-5-7;;/h1-5,8H,6H2,(H,11,13);;. The second-order valence-corrected chi connectivity index (χ2v) is 3.10. The number of carbonyl (C=O) groups excluding carboxylic acids is 2. The van der Waals surface area contributed by atoms with Crippen LogP contribution in [0.4, 0.5) is 4.79 Å². The van der Waals surface area contributed by atoms with Crippen LogP contribution in [0.15, 0.2) is 30.3 Å². The van der Waals surface area contributed by atoms with Crippen molar-refractivity contribution in [3.8, 4) is 0 Å². The quantitative estimate of drug-likeness (QED) is 0.421. The third-order valence-corrected chi connectivity index (χ3v) is 2.05. The van der Waals surface area contributed by atoms with Crippen molar-refractivity contribution in [2.75, 3.05) is 0 Å². The van der Waals surface area contributed by atoms with E-state index in [1.54, 1.807) is 0 Å². The topological polar surface area (TPSA) is 55.4 Å². The van der Waals surface area contributed by atoms with E-state index in [0.29, 0.717) is 6.42 Å². The summed E-state index contributed by atoms with van der Waals surface area (Å²) in [7, 11) is 0. The maximum atomic E-state index is 11.1. The van der Waals surface area contributed by atoms with Gasteiger partial charge >= 0.3 is 30.9 Å². The summed E-state index contributed by atoms with van der Waals surface area (Å²) >= 11 is 0. The molecule has 1 aromatic rings. The van der Waals surface area contributed by atoms with E-state index in [-0.39, 0.29) is 18.9 Å². The van der Waals surface area contributed by atoms with Gasteiger partial charge in [0, 0.05) is 6.42 Å². The van der Waals surface area contributed by atoms with Gasteiger partial charge in [0.05, 0.1) is 0 Å². The number of rotatable bonds is 2. The zero-order valence-corrected chi connectivity index (χ0v) is 7.40. The second-order valence-electron chi connectivity index (χ2n) is 3.10. The van der Waals surface area contributed by atoms with E-state index in [1.807, 2.05) is 30.3 Å². The summed E-state index contributed by atoms with van der Waals surface area (Å²) in [6.07, 6.45) is -0.179. The van der Waals surface area contributed by atoms with Gasteiger partial charge in [-0.1, -0.05) is 30.3 Å². The van der Waals surface area contributed by atoms with Crippen LogP contribution in [0, 0.1) is 0 Å². The van der Waals surface area contributed by atoms with Gasteiger partial charge in [-0.2, -0.15) is 0 Å². The minimum absolute atomic E-state index is 0. The van der Waals surface area contributed by atoms with Gasteiger partial charge in [0.15, 0.2) is 0 Å². The van der Waals surface area contributed by atoms with E-state index >= 15 is 0 Å². The van der Waals surface area contributed by atoms with Crippen molar-refractivity contribution in [3.63, 3.8) is 0 Å². The van der Waals surface area contributed by atoms with Crippen molar-refractivity contribution in [2.45, 2.75) is 12.5 Å². The van der Waals surface area contributed by atoms with Crippen molar-refractivity contribution in [1.29, 1.82) is 0 Å². The zero-order chi connectivity index (χ0) is 9.97. The number of ether oxygens (including phenoxy) is 1. The molecule has 0 aromatic heterocycles. The van der Waals surface area contributed by atoms with Crippen LogP contribution in [-0.4, -0.2) is 37.0 Å². The number of hydrogen-bond donors (Lipinski definition) is 1. The fourth-order valence-electron chi connectivity index (χ4n) is 1.38. The molecule has 1 unspecified atom stereocenters. The Labute approximate surface area is 99.2 Å². The predicted molar refractivity (Wildman–Crippen MR) is 55.7 cm³/mol. The molecule has 0 spiro atoms. The molecule has 1 heterocycles. The first-order valence-electron chi connectivity index (χ1n) is 4.32. The summed E-state index contributed by atoms with van der Waals surface area (Å²) in [4.78, 5) is 21.8. The van der Waals surface area contributed by atoms with Crippen molar-refractivity contribution >= 4 is 30.9 Å². The minimum atomic E-state index is -0.657. The van der Waals surface area contributed by atoms with E-state index in [0.717, 1.165) is 5.56 Å². The third kappa shape index (κ3) is 2.85. The Hall–Kier alpha value is -1.24. The van der Waals surface area contributed by atoms with Gasteiger partial charge in [-0.25, -0.2) is 9.59 Å². The Balaban J connectivity index is 0.00000112. The normalized spacial score (nSPS) is 19.1. The second kappa shape index (κ2) is 5.01. The molecule has 15 heavy (non-hydrogen) atoms. The van der Waals surface area contributed by atoms with E-state index in [2.05, 4.69) is 10.1 Å². The summed E-state index contributed by atoms with van der Waals surface area (Å²) in [6, 6.07) is 8.93. The first-order chi connectivity index (χ1) is 6.75. The molecule has 1 aromatic carbocycles. The van der Waals surface area contributed by atoms with Gasteiger partial charge in [-0.15, -0.1) is 0 Å². The number of nitrogens with one attached hydrogen (secondary N) is 1. The van der Waals surface area contributed by atoms with Crippen LogP contribution in [0.25, 0.3) is 0 Å². The predicted octanol–water partition coefficient (Wildman–Crippen LogP) is 0.216. The Morgan fingerprint density at radius 2 is 1.87 bits per heavy atom. The molecule has 0 bridgehead atoms. The van der Waals surface area contributed by atoms with Crippen LogP contribution < -0.4 is 5.32 Å². The summed E-state index contributed by atoms with van der Waals surface area (Å²) < 4.78 is 4.36. The molecule has 74 valence electrons. The van der Waals surface area contributed by atoms with Gasteiger partial charge in [0.25, 0.3) is 0 Å². The number of esters is 1. The molecule has 1 amide bonds. The van der Waals surface area contributed by atoms with Crippen LogP contribution in [-0.2, 0) is 16.0 Å². The third-order valence-electron chi connectivity index (χ3n) is 2.05. The number of amides is 1. The number of hydrogen-bond acceptors (Lipinski definition) is 3. The number of alkyl carbamates (subject to hydrolysis) is 1. The van der Waals surface area contributed by atoms with Crippen molar-refractivity contribution in [3.05, 3.63) is 35.9 Å².